The van der Waals surface area contributed by atoms with Crippen LogP contribution >= 0.6 is 0 Å². The lowest BCUT2D eigenvalue weighted by Gasteiger charge is -2.35. The summed E-state index contributed by atoms with van der Waals surface area (Å²) < 4.78 is 13.2. The highest BCUT2D eigenvalue weighted by molar-refractivity contribution is 5.99. The first-order valence-electron chi connectivity index (χ1n) is 11.1. The van der Waals surface area contributed by atoms with E-state index in [-0.39, 0.29) is 17.5 Å². The van der Waals surface area contributed by atoms with Crippen molar-refractivity contribution in [2.75, 3.05) is 18.4 Å². The Labute approximate surface area is 187 Å². The molecule has 1 unspecified atom stereocenters. The Morgan fingerprint density at radius 1 is 1.12 bits per heavy atom. The number of carbonyl (C=O) groups is 3. The average Bonchev–Trinajstić information content (AvgIpc) is 3.55. The van der Waals surface area contributed by atoms with E-state index < -0.39 is 11.6 Å². The zero-order valence-electron chi connectivity index (χ0n) is 18.2. The molecule has 168 valence electrons. The van der Waals surface area contributed by atoms with Crippen molar-refractivity contribution in [3.63, 3.8) is 0 Å². The van der Waals surface area contributed by atoms with Gasteiger partial charge in [0, 0.05) is 24.3 Å². The van der Waals surface area contributed by atoms with Crippen LogP contribution in [0.4, 0.5) is 14.9 Å². The molecule has 0 aromatic heterocycles. The molecular weight excluding hydrogens is 409 g/mol. The Kier molecular flexibility index (Phi) is 6.26. The van der Waals surface area contributed by atoms with E-state index >= 15 is 0 Å². The number of hydrogen-bond donors (Lipinski definition) is 2. The molecule has 7 heteroatoms. The maximum Gasteiger partial charge on any atom is 0.320 e. The number of hydrogen-bond acceptors (Lipinski definition) is 3. The number of likely N-dealkylation sites (tertiary alicyclic amines) is 1. The molecule has 1 saturated carbocycles. The third kappa shape index (κ3) is 5.15. The van der Waals surface area contributed by atoms with E-state index in [0.29, 0.717) is 43.1 Å². The summed E-state index contributed by atoms with van der Waals surface area (Å²) in [6, 6.07) is 12.8. The second-order valence-corrected chi connectivity index (χ2v) is 8.89. The van der Waals surface area contributed by atoms with Gasteiger partial charge in [-0.15, -0.1) is 0 Å². The molecule has 2 aromatic rings. The minimum absolute atomic E-state index is 0.0334. The van der Waals surface area contributed by atoms with Crippen molar-refractivity contribution in [2.24, 2.45) is 5.92 Å². The van der Waals surface area contributed by atoms with Crippen LogP contribution in [-0.2, 0) is 11.2 Å². The average molecular weight is 438 g/mol. The predicted molar refractivity (Wildman–Crippen MR) is 120 cm³/mol. The van der Waals surface area contributed by atoms with Crippen LogP contribution in [0.25, 0.3) is 0 Å². The maximum atomic E-state index is 13.2. The number of carbonyl (C=O) groups excluding carboxylic acids is 3. The largest absolute Gasteiger partial charge is 0.340 e. The van der Waals surface area contributed by atoms with Crippen LogP contribution in [0.15, 0.2) is 48.5 Å². The second-order valence-electron chi connectivity index (χ2n) is 8.89. The number of anilines is 1. The zero-order valence-corrected chi connectivity index (χ0v) is 18.2. The van der Waals surface area contributed by atoms with Gasteiger partial charge in [0.2, 0.25) is 5.91 Å². The monoisotopic (exact) mass is 437 g/mol. The molecule has 2 aromatic carbocycles. The third-order valence-corrected chi connectivity index (χ3v) is 6.28. The van der Waals surface area contributed by atoms with E-state index in [4.69, 9.17) is 0 Å². The van der Waals surface area contributed by atoms with E-state index in [0.717, 1.165) is 24.8 Å². The van der Waals surface area contributed by atoms with Gasteiger partial charge in [0.15, 0.2) is 5.78 Å². The van der Waals surface area contributed by atoms with Gasteiger partial charge in [0.1, 0.15) is 11.4 Å². The quantitative estimate of drug-likeness (QED) is 0.666. The minimum Gasteiger partial charge on any atom is -0.340 e. The van der Waals surface area contributed by atoms with Gasteiger partial charge in [-0.3, -0.25) is 9.59 Å². The number of urea groups is 1. The summed E-state index contributed by atoms with van der Waals surface area (Å²) in [5.41, 5.74) is 1.24. The second kappa shape index (κ2) is 9.10. The van der Waals surface area contributed by atoms with Gasteiger partial charge in [-0.2, -0.15) is 0 Å². The lowest BCUT2D eigenvalue weighted by atomic mass is 9.91. The van der Waals surface area contributed by atoms with Gasteiger partial charge < -0.3 is 15.5 Å². The molecule has 0 bridgehead atoms. The summed E-state index contributed by atoms with van der Waals surface area (Å²) in [6.45, 7) is 2.80. The topological polar surface area (TPSA) is 78.5 Å². The summed E-state index contributed by atoms with van der Waals surface area (Å²) in [7, 11) is 0. The molecule has 0 spiro atoms. The molecule has 1 aliphatic heterocycles. The molecule has 1 saturated heterocycles. The number of halogens is 1. The van der Waals surface area contributed by atoms with Gasteiger partial charge in [0.05, 0.1) is 0 Å². The summed E-state index contributed by atoms with van der Waals surface area (Å²) in [6.07, 6.45) is 3.97. The molecule has 6 nitrogen and oxygen atoms in total. The summed E-state index contributed by atoms with van der Waals surface area (Å²) in [5.74, 6) is -0.0449. The van der Waals surface area contributed by atoms with E-state index in [2.05, 4.69) is 10.6 Å². The molecule has 1 atom stereocenters. The van der Waals surface area contributed by atoms with Crippen molar-refractivity contribution < 1.29 is 18.8 Å². The van der Waals surface area contributed by atoms with Crippen molar-refractivity contribution in [3.05, 3.63) is 65.5 Å². The molecule has 32 heavy (non-hydrogen) atoms. The highest BCUT2D eigenvalue weighted by Gasteiger charge is 2.53. The standard InChI is InChI=1S/C25H28FN3O3/c1-17(30)20-5-2-6-22(15-20)27-24(32)28-25(11-12-25)23(31)29-13-3-4-19(16-29)14-18-7-9-21(26)10-8-18/h2,5-10,15,19H,3-4,11-14,16H2,1H3,(H2,27,28,32). The molecule has 1 heterocycles. The number of nitrogens with zero attached hydrogens (tertiary/aromatic N) is 1. The van der Waals surface area contributed by atoms with Crippen molar-refractivity contribution in [2.45, 2.75) is 44.6 Å². The van der Waals surface area contributed by atoms with Crippen LogP contribution in [0.2, 0.25) is 0 Å². The molecule has 1 aliphatic carbocycles. The molecule has 3 amide bonds. The predicted octanol–water partition coefficient (Wildman–Crippen LogP) is 4.16. The Morgan fingerprint density at radius 3 is 2.56 bits per heavy atom. The number of benzene rings is 2. The van der Waals surface area contributed by atoms with E-state index in [1.54, 1.807) is 36.4 Å². The number of Topliss-reactive ketones (excluding diaryl/α,β-unsaturated/α-hetero) is 1. The fourth-order valence-electron chi connectivity index (χ4n) is 4.39. The van der Waals surface area contributed by atoms with Crippen LogP contribution in [0.3, 0.4) is 0 Å². The van der Waals surface area contributed by atoms with E-state index in [9.17, 15) is 18.8 Å². The first-order valence-corrected chi connectivity index (χ1v) is 11.1. The fourth-order valence-corrected chi connectivity index (χ4v) is 4.39. The van der Waals surface area contributed by atoms with E-state index in [1.807, 2.05) is 4.90 Å². The van der Waals surface area contributed by atoms with Crippen molar-refractivity contribution in [3.8, 4) is 0 Å². The summed E-state index contributed by atoms with van der Waals surface area (Å²) in [4.78, 5) is 39.2. The van der Waals surface area contributed by atoms with Crippen LogP contribution < -0.4 is 10.6 Å². The number of rotatable bonds is 6. The number of ketones is 1. The van der Waals surface area contributed by atoms with Crippen molar-refractivity contribution in [1.82, 2.24) is 10.2 Å². The molecular formula is C25H28FN3O3. The first kappa shape index (κ1) is 22.0. The number of amides is 3. The van der Waals surface area contributed by atoms with E-state index in [1.165, 1.54) is 19.1 Å². The van der Waals surface area contributed by atoms with Crippen LogP contribution in [0.5, 0.6) is 0 Å². The molecule has 0 radical (unpaired) electrons. The normalized spacial score (nSPS) is 19.2. The Morgan fingerprint density at radius 2 is 1.88 bits per heavy atom. The lowest BCUT2D eigenvalue weighted by Crippen LogP contribution is -2.54. The number of piperidine rings is 1. The Bertz CT molecular complexity index is 1020. The van der Waals surface area contributed by atoms with Crippen molar-refractivity contribution in [1.29, 1.82) is 0 Å². The van der Waals surface area contributed by atoms with Crippen molar-refractivity contribution >= 4 is 23.4 Å². The maximum absolute atomic E-state index is 13.2. The molecule has 2 N–H and O–H groups in total. The summed E-state index contributed by atoms with van der Waals surface area (Å²) in [5, 5.41) is 5.60. The van der Waals surface area contributed by atoms with Gasteiger partial charge in [-0.25, -0.2) is 9.18 Å². The first-order chi connectivity index (χ1) is 15.3. The van der Waals surface area contributed by atoms with Gasteiger partial charge in [-0.1, -0.05) is 24.3 Å². The third-order valence-electron chi connectivity index (χ3n) is 6.28. The highest BCUT2D eigenvalue weighted by atomic mass is 19.1. The smallest absolute Gasteiger partial charge is 0.320 e. The lowest BCUT2D eigenvalue weighted by molar-refractivity contribution is -0.136. The highest BCUT2D eigenvalue weighted by Crippen LogP contribution is 2.38. The number of nitrogens with one attached hydrogen (secondary N) is 2. The van der Waals surface area contributed by atoms with Gasteiger partial charge >= 0.3 is 6.03 Å². The summed E-state index contributed by atoms with van der Waals surface area (Å²) >= 11 is 0. The fraction of sp³-hybridized carbons (Fsp3) is 0.400. The van der Waals surface area contributed by atoms with Gasteiger partial charge in [-0.05, 0) is 74.8 Å². The Balaban J connectivity index is 1.34. The SMILES string of the molecule is CC(=O)c1cccc(NC(=O)NC2(C(=O)N3CCCC(Cc4ccc(F)cc4)C3)CC2)c1. The van der Waals surface area contributed by atoms with Crippen LogP contribution in [-0.4, -0.2) is 41.2 Å². The molecule has 2 aliphatic rings. The van der Waals surface area contributed by atoms with Gasteiger partial charge in [0.25, 0.3) is 0 Å². The van der Waals surface area contributed by atoms with Crippen LogP contribution in [0.1, 0.15) is 48.5 Å². The molecule has 2 fully saturated rings. The minimum atomic E-state index is -0.847. The van der Waals surface area contributed by atoms with Crippen LogP contribution in [0, 0.1) is 11.7 Å². The molecule has 4 rings (SSSR count). The zero-order chi connectivity index (χ0) is 22.7. The Hall–Kier alpha value is -3.22.